The Labute approximate surface area is 259 Å². The number of aromatic nitrogens is 1. The Balaban J connectivity index is 1.49. The molecule has 0 atom stereocenters. The topological polar surface area (TPSA) is 113 Å². The van der Waals surface area contributed by atoms with E-state index in [-0.39, 0.29) is 28.7 Å². The number of carbonyl (C=O) groups is 3. The number of hydrogen-bond donors (Lipinski definition) is 2. The summed E-state index contributed by atoms with van der Waals surface area (Å²) < 4.78 is 7.71. The Morgan fingerprint density at radius 1 is 0.886 bits per heavy atom. The van der Waals surface area contributed by atoms with Crippen molar-refractivity contribution in [3.63, 3.8) is 0 Å². The molecule has 44 heavy (non-hydrogen) atoms. The van der Waals surface area contributed by atoms with Crippen LogP contribution in [0.2, 0.25) is 0 Å². The minimum Gasteiger partial charge on any atom is -0.378 e. The number of pyridine rings is 1. The summed E-state index contributed by atoms with van der Waals surface area (Å²) in [6, 6.07) is 21.0. The van der Waals surface area contributed by atoms with E-state index in [0.29, 0.717) is 48.8 Å². The molecule has 226 valence electrons. The molecular formula is C33H32ClN5O5. The van der Waals surface area contributed by atoms with Crippen molar-refractivity contribution in [2.45, 2.75) is 13.8 Å². The smallest absolute Gasteiger partial charge is 0.274 e. The van der Waals surface area contributed by atoms with E-state index in [1.54, 1.807) is 60.6 Å². The highest BCUT2D eigenvalue weighted by Crippen LogP contribution is 2.34. The first-order valence-corrected chi connectivity index (χ1v) is 14.4. The first kappa shape index (κ1) is 30.5. The van der Waals surface area contributed by atoms with Crippen LogP contribution in [0.4, 0.5) is 22.7 Å². The highest BCUT2D eigenvalue weighted by atomic mass is 35.5. The van der Waals surface area contributed by atoms with Crippen LogP contribution in [-0.2, 0) is 16.6 Å². The fourth-order valence-corrected chi connectivity index (χ4v) is 5.15. The van der Waals surface area contributed by atoms with Crippen molar-refractivity contribution in [3.05, 3.63) is 106 Å². The predicted molar refractivity (Wildman–Crippen MR) is 172 cm³/mol. The van der Waals surface area contributed by atoms with Crippen LogP contribution in [0.1, 0.15) is 33.2 Å². The van der Waals surface area contributed by atoms with Gasteiger partial charge in [0.15, 0.2) is 0 Å². The number of anilines is 4. The molecule has 4 aromatic rings. The number of morpholine rings is 1. The van der Waals surface area contributed by atoms with Gasteiger partial charge in [0.2, 0.25) is 5.91 Å². The van der Waals surface area contributed by atoms with E-state index in [0.717, 1.165) is 21.1 Å². The van der Waals surface area contributed by atoms with Crippen LogP contribution < -0.4 is 20.6 Å². The normalized spacial score (nSPS) is 12.9. The minimum atomic E-state index is -0.461. The average molecular weight is 614 g/mol. The Morgan fingerprint density at radius 2 is 1.61 bits per heavy atom. The molecule has 1 saturated heterocycles. The summed E-state index contributed by atoms with van der Waals surface area (Å²) in [5.74, 6) is -0.896. The first-order valence-electron chi connectivity index (χ1n) is 14.1. The molecule has 0 aliphatic carbocycles. The third-order valence-electron chi connectivity index (χ3n) is 7.41. The lowest BCUT2D eigenvalue weighted by Crippen LogP contribution is -2.40. The van der Waals surface area contributed by atoms with Gasteiger partial charge in [0.05, 0.1) is 24.6 Å². The van der Waals surface area contributed by atoms with Gasteiger partial charge in [-0.2, -0.15) is 0 Å². The molecule has 2 heterocycles. The maximum Gasteiger partial charge on any atom is 0.274 e. The number of amides is 3. The fourth-order valence-electron chi connectivity index (χ4n) is 5.01. The Hall–Kier alpha value is -4.93. The van der Waals surface area contributed by atoms with Gasteiger partial charge in [0, 0.05) is 67.4 Å². The van der Waals surface area contributed by atoms with Crippen molar-refractivity contribution in [2.24, 2.45) is 7.05 Å². The van der Waals surface area contributed by atoms with E-state index < -0.39 is 5.91 Å². The number of nitrogens with zero attached hydrogens (tertiary/aromatic N) is 3. The Kier molecular flexibility index (Phi) is 9.12. The number of hydrogen-bond acceptors (Lipinski definition) is 6. The van der Waals surface area contributed by atoms with Crippen molar-refractivity contribution >= 4 is 52.2 Å². The first-order chi connectivity index (χ1) is 21.1. The molecule has 1 fully saturated rings. The van der Waals surface area contributed by atoms with Gasteiger partial charge in [-0.1, -0.05) is 30.3 Å². The van der Waals surface area contributed by atoms with Gasteiger partial charge in [0.25, 0.3) is 17.4 Å². The molecule has 0 saturated carbocycles. The minimum absolute atomic E-state index is 0.206. The standard InChI is InChI=1S/C33H32ClN5O5/c1-21-26(10-7-11-27(21)36-31(41)23-8-5-4-6-9-23)25-18-29(33(43)37(3)20-25)35-28-13-12-24(19-30(28)39(34)22(2)40)32(42)38-14-16-44-17-15-38/h4-13,18-20,35H,14-17H2,1-3H3,(H,36,41). The van der Waals surface area contributed by atoms with Gasteiger partial charge in [-0.05, 0) is 60.5 Å². The van der Waals surface area contributed by atoms with Crippen LogP contribution in [0.25, 0.3) is 11.1 Å². The molecule has 3 aromatic carbocycles. The van der Waals surface area contributed by atoms with Gasteiger partial charge < -0.3 is 24.8 Å². The maximum atomic E-state index is 13.3. The van der Waals surface area contributed by atoms with E-state index in [2.05, 4.69) is 10.6 Å². The molecule has 1 aliphatic heterocycles. The lowest BCUT2D eigenvalue weighted by atomic mass is 9.99. The zero-order valence-electron chi connectivity index (χ0n) is 24.6. The lowest BCUT2D eigenvalue weighted by Gasteiger charge is -2.27. The quantitative estimate of drug-likeness (QED) is 0.272. The summed E-state index contributed by atoms with van der Waals surface area (Å²) in [4.78, 5) is 53.2. The maximum absolute atomic E-state index is 13.3. The van der Waals surface area contributed by atoms with E-state index >= 15 is 0 Å². The van der Waals surface area contributed by atoms with E-state index in [4.69, 9.17) is 16.5 Å². The number of halogens is 1. The second kappa shape index (κ2) is 13.2. The third-order valence-corrected chi connectivity index (χ3v) is 7.83. The molecule has 0 unspecified atom stereocenters. The number of carbonyl (C=O) groups excluding carboxylic acids is 3. The number of aryl methyl sites for hydroxylation is 1. The molecule has 1 aliphatic rings. The second-order valence-corrected chi connectivity index (χ2v) is 10.8. The number of nitrogens with one attached hydrogen (secondary N) is 2. The van der Waals surface area contributed by atoms with Crippen LogP contribution in [0.3, 0.4) is 0 Å². The SMILES string of the molecule is CC(=O)N(Cl)c1cc(C(=O)N2CCOCC2)ccc1Nc1cc(-c2cccc(NC(=O)c3ccccc3)c2C)cn(C)c1=O. The van der Waals surface area contributed by atoms with E-state index in [9.17, 15) is 19.2 Å². The molecule has 0 spiro atoms. The van der Waals surface area contributed by atoms with Crippen LogP contribution in [-0.4, -0.2) is 53.5 Å². The van der Waals surface area contributed by atoms with Crippen LogP contribution in [0, 0.1) is 6.92 Å². The summed E-state index contributed by atoms with van der Waals surface area (Å²) in [6.45, 7) is 5.03. The van der Waals surface area contributed by atoms with Crippen molar-refractivity contribution in [2.75, 3.05) is 41.4 Å². The molecule has 3 amide bonds. The highest BCUT2D eigenvalue weighted by Gasteiger charge is 2.23. The second-order valence-electron chi connectivity index (χ2n) is 10.4. The Morgan fingerprint density at radius 3 is 2.32 bits per heavy atom. The molecule has 11 heteroatoms. The molecule has 5 rings (SSSR count). The van der Waals surface area contributed by atoms with Crippen LogP contribution in [0.15, 0.2) is 83.8 Å². The lowest BCUT2D eigenvalue weighted by molar-refractivity contribution is -0.115. The summed E-state index contributed by atoms with van der Waals surface area (Å²) >= 11 is 6.38. The van der Waals surface area contributed by atoms with Gasteiger partial charge in [0.1, 0.15) is 5.69 Å². The summed E-state index contributed by atoms with van der Waals surface area (Å²) in [6.07, 6.45) is 1.72. The van der Waals surface area contributed by atoms with Crippen LogP contribution in [0.5, 0.6) is 0 Å². The third kappa shape index (κ3) is 6.51. The van der Waals surface area contributed by atoms with Gasteiger partial charge in [-0.25, -0.2) is 4.42 Å². The van der Waals surface area contributed by atoms with Crippen LogP contribution >= 0.6 is 11.8 Å². The number of ether oxygens (including phenoxy) is 1. The molecule has 0 radical (unpaired) electrons. The molecular weight excluding hydrogens is 582 g/mol. The summed E-state index contributed by atoms with van der Waals surface area (Å²) in [5.41, 5.74) is 4.38. The predicted octanol–water partition coefficient (Wildman–Crippen LogP) is 5.34. The zero-order valence-corrected chi connectivity index (χ0v) is 25.4. The largest absolute Gasteiger partial charge is 0.378 e. The average Bonchev–Trinajstić information content (AvgIpc) is 3.04. The molecule has 0 bridgehead atoms. The molecule has 10 nitrogen and oxygen atoms in total. The monoisotopic (exact) mass is 613 g/mol. The van der Waals surface area contributed by atoms with E-state index in [1.165, 1.54) is 17.6 Å². The van der Waals surface area contributed by atoms with Crippen molar-refractivity contribution in [1.29, 1.82) is 0 Å². The highest BCUT2D eigenvalue weighted by molar-refractivity contribution is 6.37. The zero-order chi connectivity index (χ0) is 31.4. The van der Waals surface area contributed by atoms with Gasteiger partial charge in [-0.3, -0.25) is 19.2 Å². The van der Waals surface area contributed by atoms with Gasteiger partial charge >= 0.3 is 0 Å². The van der Waals surface area contributed by atoms with Gasteiger partial charge in [-0.15, -0.1) is 0 Å². The van der Waals surface area contributed by atoms with Crippen molar-refractivity contribution in [1.82, 2.24) is 9.47 Å². The van der Waals surface area contributed by atoms with Crippen molar-refractivity contribution in [3.8, 4) is 11.1 Å². The summed E-state index contributed by atoms with van der Waals surface area (Å²) in [7, 11) is 1.64. The fraction of sp³-hybridized carbons (Fsp3) is 0.212. The van der Waals surface area contributed by atoms with E-state index in [1.807, 2.05) is 31.2 Å². The molecule has 2 N–H and O–H groups in total. The number of rotatable bonds is 7. The number of benzene rings is 3. The van der Waals surface area contributed by atoms with Crippen molar-refractivity contribution < 1.29 is 19.1 Å². The molecule has 1 aromatic heterocycles. The Bertz CT molecular complexity index is 1780. The summed E-state index contributed by atoms with van der Waals surface area (Å²) in [5, 5.41) is 6.11.